The molecule has 0 radical (unpaired) electrons. The van der Waals surface area contributed by atoms with Crippen molar-refractivity contribution in [3.8, 4) is 0 Å². The van der Waals surface area contributed by atoms with E-state index in [1.165, 1.54) is 11.4 Å². The van der Waals surface area contributed by atoms with Gasteiger partial charge in [0.25, 0.3) is 0 Å². The fourth-order valence-electron chi connectivity index (χ4n) is 1.77. The Kier molecular flexibility index (Phi) is 4.51. The summed E-state index contributed by atoms with van der Waals surface area (Å²) in [5.41, 5.74) is 1.09. The van der Waals surface area contributed by atoms with Crippen LogP contribution in [0.1, 0.15) is 51.7 Å². The first-order valence-corrected chi connectivity index (χ1v) is 6.95. The maximum Gasteiger partial charge on any atom is 0.112 e. The normalized spacial score (nSPS) is 16.1. The Morgan fingerprint density at radius 1 is 1.44 bits per heavy atom. The van der Waals surface area contributed by atoms with Gasteiger partial charge in [0.2, 0.25) is 0 Å². The van der Waals surface area contributed by atoms with Crippen molar-refractivity contribution in [3.05, 3.63) is 16.1 Å². The second-order valence-electron chi connectivity index (χ2n) is 5.24. The van der Waals surface area contributed by atoms with Gasteiger partial charge in [-0.2, -0.15) is 0 Å². The van der Waals surface area contributed by atoms with Crippen LogP contribution in [0, 0.1) is 12.8 Å². The van der Waals surface area contributed by atoms with Gasteiger partial charge in [-0.15, -0.1) is 11.3 Å². The van der Waals surface area contributed by atoms with Crippen LogP contribution in [0.25, 0.3) is 0 Å². The largest absolute Gasteiger partial charge is 0.303 e. The topological polar surface area (TPSA) is 24.9 Å². The van der Waals surface area contributed by atoms with Crippen LogP contribution in [-0.2, 0) is 5.54 Å². The lowest BCUT2D eigenvalue weighted by molar-refractivity contribution is 0.288. The zero-order valence-corrected chi connectivity index (χ0v) is 12.1. The van der Waals surface area contributed by atoms with E-state index in [1.54, 1.807) is 11.3 Å². The van der Waals surface area contributed by atoms with Gasteiger partial charge >= 0.3 is 0 Å². The van der Waals surface area contributed by atoms with Crippen molar-refractivity contribution in [2.45, 2.75) is 59.5 Å². The molecule has 92 valence electrons. The molecule has 0 aliphatic rings. The molecule has 0 aromatic carbocycles. The summed E-state index contributed by atoms with van der Waals surface area (Å²) in [6, 6.07) is 0.518. The van der Waals surface area contributed by atoms with Crippen molar-refractivity contribution in [2.75, 3.05) is 0 Å². The number of aromatic nitrogens is 1. The number of thiazole rings is 1. The third kappa shape index (κ3) is 3.29. The van der Waals surface area contributed by atoms with Crippen LogP contribution in [0.5, 0.6) is 0 Å². The Hall–Kier alpha value is -0.410. The van der Waals surface area contributed by atoms with Crippen molar-refractivity contribution in [3.63, 3.8) is 0 Å². The summed E-state index contributed by atoms with van der Waals surface area (Å²) in [6.45, 7) is 13.3. The van der Waals surface area contributed by atoms with Crippen LogP contribution in [0.3, 0.4) is 0 Å². The number of nitrogens with one attached hydrogen (secondary N) is 1. The molecular formula is C13H24N2S. The number of aryl methyl sites for hydroxylation is 1. The molecule has 0 aliphatic carbocycles. The first-order valence-electron chi connectivity index (χ1n) is 6.07. The van der Waals surface area contributed by atoms with Crippen molar-refractivity contribution in [2.24, 2.45) is 5.92 Å². The van der Waals surface area contributed by atoms with E-state index in [2.05, 4.69) is 50.3 Å². The average Bonchev–Trinajstić information content (AvgIpc) is 2.63. The summed E-state index contributed by atoms with van der Waals surface area (Å²) in [7, 11) is 0. The zero-order valence-electron chi connectivity index (χ0n) is 11.3. The van der Waals surface area contributed by atoms with Crippen LogP contribution >= 0.6 is 11.3 Å². The maximum absolute atomic E-state index is 4.58. The highest BCUT2D eigenvalue weighted by Crippen LogP contribution is 2.25. The minimum absolute atomic E-state index is 0.0260. The lowest BCUT2D eigenvalue weighted by atomic mass is 9.96. The van der Waals surface area contributed by atoms with Crippen molar-refractivity contribution >= 4 is 11.3 Å². The molecule has 2 unspecified atom stereocenters. The third-order valence-corrected chi connectivity index (χ3v) is 4.52. The van der Waals surface area contributed by atoms with Gasteiger partial charge in [-0.3, -0.25) is 0 Å². The molecule has 1 heterocycles. The van der Waals surface area contributed by atoms with Gasteiger partial charge < -0.3 is 5.32 Å². The number of hydrogen-bond acceptors (Lipinski definition) is 3. The van der Waals surface area contributed by atoms with E-state index in [4.69, 9.17) is 0 Å². The van der Waals surface area contributed by atoms with Crippen LogP contribution < -0.4 is 5.32 Å². The highest BCUT2D eigenvalue weighted by molar-refractivity contribution is 7.09. The Labute approximate surface area is 103 Å². The summed E-state index contributed by atoms with van der Waals surface area (Å²) < 4.78 is 0. The summed E-state index contributed by atoms with van der Waals surface area (Å²) in [5.74, 6) is 0.695. The van der Waals surface area contributed by atoms with E-state index >= 15 is 0 Å². The summed E-state index contributed by atoms with van der Waals surface area (Å²) in [6.07, 6.45) is 1.21. The molecule has 0 saturated heterocycles. The maximum atomic E-state index is 4.58. The molecule has 16 heavy (non-hydrogen) atoms. The van der Waals surface area contributed by atoms with Gasteiger partial charge in [0, 0.05) is 17.1 Å². The van der Waals surface area contributed by atoms with E-state index in [9.17, 15) is 0 Å². The summed E-state index contributed by atoms with van der Waals surface area (Å²) in [5, 5.41) is 6.98. The Morgan fingerprint density at radius 3 is 2.50 bits per heavy atom. The first-order chi connectivity index (χ1) is 7.36. The minimum atomic E-state index is -0.0260. The minimum Gasteiger partial charge on any atom is -0.303 e. The lowest BCUT2D eigenvalue weighted by Crippen LogP contribution is -2.45. The molecule has 0 saturated carbocycles. The fraction of sp³-hybridized carbons (Fsp3) is 0.769. The smallest absolute Gasteiger partial charge is 0.112 e. The monoisotopic (exact) mass is 240 g/mol. The second kappa shape index (κ2) is 5.28. The Morgan fingerprint density at radius 2 is 2.06 bits per heavy atom. The van der Waals surface area contributed by atoms with E-state index < -0.39 is 0 Å². The molecule has 3 heteroatoms. The van der Waals surface area contributed by atoms with Crippen LogP contribution in [-0.4, -0.2) is 11.0 Å². The summed E-state index contributed by atoms with van der Waals surface area (Å²) >= 11 is 1.74. The van der Waals surface area contributed by atoms with Gasteiger partial charge in [0.15, 0.2) is 0 Å². The van der Waals surface area contributed by atoms with E-state index in [1.807, 2.05) is 6.92 Å². The van der Waals surface area contributed by atoms with E-state index in [0.29, 0.717) is 12.0 Å². The molecule has 0 amide bonds. The first kappa shape index (κ1) is 13.7. The molecule has 2 nitrogen and oxygen atoms in total. The van der Waals surface area contributed by atoms with Gasteiger partial charge in [0.1, 0.15) is 5.01 Å². The van der Waals surface area contributed by atoms with Crippen LogP contribution in [0.4, 0.5) is 0 Å². The standard InChI is InChI=1S/C13H24N2S/c1-7-9(2)11(4)15-13(5,6)12-14-10(3)8-16-12/h8-9,11,15H,7H2,1-6H3. The van der Waals surface area contributed by atoms with Crippen LogP contribution in [0.15, 0.2) is 5.38 Å². The highest BCUT2D eigenvalue weighted by Gasteiger charge is 2.26. The van der Waals surface area contributed by atoms with Gasteiger partial charge in [-0.05, 0) is 33.6 Å². The highest BCUT2D eigenvalue weighted by atomic mass is 32.1. The molecule has 1 aromatic heterocycles. The number of rotatable bonds is 5. The number of nitrogens with zero attached hydrogens (tertiary/aromatic N) is 1. The van der Waals surface area contributed by atoms with E-state index in [-0.39, 0.29) is 5.54 Å². The third-order valence-electron chi connectivity index (χ3n) is 3.24. The van der Waals surface area contributed by atoms with Crippen molar-refractivity contribution < 1.29 is 0 Å². The van der Waals surface area contributed by atoms with Gasteiger partial charge in [-0.1, -0.05) is 20.3 Å². The predicted molar refractivity (Wildman–Crippen MR) is 71.9 cm³/mol. The lowest BCUT2D eigenvalue weighted by Gasteiger charge is -2.31. The average molecular weight is 240 g/mol. The molecule has 0 spiro atoms. The predicted octanol–water partition coefficient (Wildman–Crippen LogP) is 3.71. The zero-order chi connectivity index (χ0) is 12.3. The summed E-state index contributed by atoms with van der Waals surface area (Å²) in [4.78, 5) is 4.58. The molecule has 1 aromatic rings. The quantitative estimate of drug-likeness (QED) is 0.848. The number of hydrogen-bond donors (Lipinski definition) is 1. The van der Waals surface area contributed by atoms with E-state index in [0.717, 1.165) is 5.69 Å². The molecular weight excluding hydrogens is 216 g/mol. The fourth-order valence-corrected chi connectivity index (χ4v) is 2.65. The second-order valence-corrected chi connectivity index (χ2v) is 6.10. The van der Waals surface area contributed by atoms with Crippen LogP contribution in [0.2, 0.25) is 0 Å². The van der Waals surface area contributed by atoms with Gasteiger partial charge in [0.05, 0.1) is 5.54 Å². The Bertz CT molecular complexity index is 330. The molecule has 1 rings (SSSR count). The molecule has 0 bridgehead atoms. The van der Waals surface area contributed by atoms with Crippen molar-refractivity contribution in [1.82, 2.24) is 10.3 Å². The van der Waals surface area contributed by atoms with Gasteiger partial charge in [-0.25, -0.2) is 4.98 Å². The SMILES string of the molecule is CCC(C)C(C)NC(C)(C)c1nc(C)cs1. The Balaban J connectivity index is 2.71. The molecule has 1 N–H and O–H groups in total. The molecule has 2 atom stereocenters. The molecule has 0 aliphatic heterocycles. The van der Waals surface area contributed by atoms with Crippen molar-refractivity contribution in [1.29, 1.82) is 0 Å². The molecule has 0 fully saturated rings.